The third-order valence-electron chi connectivity index (χ3n) is 4.91. The molecule has 0 spiro atoms. The molecular formula is C25H34Cl2N3O7P. The van der Waals surface area contributed by atoms with Gasteiger partial charge < -0.3 is 29.0 Å². The van der Waals surface area contributed by atoms with Crippen molar-refractivity contribution in [2.45, 2.75) is 46.6 Å². The number of nitrogens with zero attached hydrogens (tertiary/aromatic N) is 2. The van der Waals surface area contributed by atoms with E-state index < -0.39 is 13.7 Å². The topological polar surface area (TPSA) is 124 Å². The van der Waals surface area contributed by atoms with Crippen molar-refractivity contribution < 1.29 is 32.6 Å². The molecule has 210 valence electrons. The lowest BCUT2D eigenvalue weighted by Crippen LogP contribution is -2.18. The normalized spacial score (nSPS) is 11.3. The van der Waals surface area contributed by atoms with Crippen LogP contribution in [0.1, 0.15) is 50.4 Å². The average molecular weight is 590 g/mol. The second kappa shape index (κ2) is 16.0. The molecule has 0 aliphatic heterocycles. The van der Waals surface area contributed by atoms with Gasteiger partial charge in [-0.15, -0.1) is 0 Å². The summed E-state index contributed by atoms with van der Waals surface area (Å²) < 4.78 is 40.7. The Kier molecular flexibility index (Phi) is 13.5. The number of rotatable bonds is 15. The van der Waals surface area contributed by atoms with Crippen molar-refractivity contribution in [3.63, 3.8) is 0 Å². The van der Waals surface area contributed by atoms with Gasteiger partial charge in [0, 0.05) is 22.0 Å². The van der Waals surface area contributed by atoms with Crippen LogP contribution in [0.25, 0.3) is 0 Å². The first kappa shape index (κ1) is 32.0. The fraction of sp³-hybridized carbons (Fsp3) is 0.520. The molecule has 2 N–H and O–H groups in total. The number of nitrogens with two attached hydrogens (primary N) is 1. The van der Waals surface area contributed by atoms with Crippen molar-refractivity contribution in [3.8, 4) is 17.7 Å². The lowest BCUT2D eigenvalue weighted by Gasteiger charge is -2.15. The fourth-order valence-corrected chi connectivity index (χ4v) is 5.41. The van der Waals surface area contributed by atoms with Crippen molar-refractivity contribution in [2.24, 2.45) is 5.73 Å². The highest BCUT2D eigenvalue weighted by molar-refractivity contribution is 7.53. The van der Waals surface area contributed by atoms with Gasteiger partial charge in [-0.25, -0.2) is 9.48 Å². The molecule has 0 saturated heterocycles. The van der Waals surface area contributed by atoms with E-state index in [1.807, 2.05) is 26.0 Å². The summed E-state index contributed by atoms with van der Waals surface area (Å²) in [6.07, 6.45) is -0.608. The standard InChI is InChI=1S/C25H34Cl2N3O7P/c1-5-36-38(32,37-6-2)17-33-10-7-8-11-34-24-22(15-19-13-20(26)16-21(27)14-19)23(18(3)4)29-30(24)9-12-35-25(28)31/h13-14,16,18H,5-6,9-12,15,17H2,1-4H3,(H2,28,31). The Labute approximate surface area is 233 Å². The Morgan fingerprint density at radius 1 is 1.11 bits per heavy atom. The Hall–Kier alpha value is -2.25. The maximum Gasteiger partial charge on any atom is 0.404 e. The number of primary amides is 1. The molecule has 13 heteroatoms. The largest absolute Gasteiger partial charge is 0.464 e. The zero-order valence-electron chi connectivity index (χ0n) is 22.0. The van der Waals surface area contributed by atoms with Crippen LogP contribution in [0.15, 0.2) is 18.2 Å². The Balaban J connectivity index is 2.19. The molecule has 10 nitrogen and oxygen atoms in total. The summed E-state index contributed by atoms with van der Waals surface area (Å²) in [4.78, 5) is 11.0. The molecule has 1 aromatic heterocycles. The van der Waals surface area contributed by atoms with Gasteiger partial charge in [-0.05, 0) is 43.5 Å². The van der Waals surface area contributed by atoms with Crippen LogP contribution in [-0.2, 0) is 36.1 Å². The first-order valence-corrected chi connectivity index (χ1v) is 14.6. The van der Waals surface area contributed by atoms with Crippen molar-refractivity contribution >= 4 is 36.9 Å². The molecule has 2 rings (SSSR count). The number of benzene rings is 1. The van der Waals surface area contributed by atoms with Crippen LogP contribution in [0.2, 0.25) is 10.0 Å². The molecule has 0 fully saturated rings. The molecule has 0 bridgehead atoms. The van der Waals surface area contributed by atoms with Gasteiger partial charge in [0.05, 0.1) is 25.5 Å². The van der Waals surface area contributed by atoms with E-state index in [-0.39, 0.29) is 51.8 Å². The van der Waals surface area contributed by atoms with Crippen LogP contribution < -0.4 is 10.5 Å². The van der Waals surface area contributed by atoms with Crippen LogP contribution in [-0.4, -0.2) is 55.3 Å². The predicted molar refractivity (Wildman–Crippen MR) is 146 cm³/mol. The highest BCUT2D eigenvalue weighted by atomic mass is 35.5. The number of hydrogen-bond donors (Lipinski definition) is 1. The number of amides is 1. The van der Waals surface area contributed by atoms with E-state index in [1.165, 1.54) is 0 Å². The smallest absolute Gasteiger partial charge is 0.404 e. The van der Waals surface area contributed by atoms with E-state index in [1.54, 1.807) is 24.6 Å². The van der Waals surface area contributed by atoms with Gasteiger partial charge in [-0.2, -0.15) is 5.10 Å². The van der Waals surface area contributed by atoms with Crippen molar-refractivity contribution in [2.75, 3.05) is 39.4 Å². The van der Waals surface area contributed by atoms with Gasteiger partial charge in [0.25, 0.3) is 0 Å². The summed E-state index contributed by atoms with van der Waals surface area (Å²) in [6.45, 7) is 8.30. The second-order valence-electron chi connectivity index (χ2n) is 8.24. The van der Waals surface area contributed by atoms with Crippen LogP contribution >= 0.6 is 30.8 Å². The highest BCUT2D eigenvalue weighted by Crippen LogP contribution is 2.47. The molecule has 0 radical (unpaired) electrons. The zero-order valence-corrected chi connectivity index (χ0v) is 24.4. The SMILES string of the molecule is CCOP(=O)(COCC#CCOc1c(Cc2cc(Cl)cc(Cl)c2)c(C(C)C)nn1CCOC(N)=O)OCC. The molecule has 0 aliphatic carbocycles. The number of ether oxygens (including phenoxy) is 3. The molecule has 0 saturated carbocycles. The van der Waals surface area contributed by atoms with Gasteiger partial charge in [-0.3, -0.25) is 4.57 Å². The van der Waals surface area contributed by atoms with E-state index in [9.17, 15) is 9.36 Å². The number of carbonyl (C=O) groups is 1. The fourth-order valence-electron chi connectivity index (χ4n) is 3.51. The third-order valence-corrected chi connectivity index (χ3v) is 7.15. The van der Waals surface area contributed by atoms with E-state index >= 15 is 0 Å². The lowest BCUT2D eigenvalue weighted by molar-refractivity contribution is 0.148. The summed E-state index contributed by atoms with van der Waals surface area (Å²) >= 11 is 12.4. The van der Waals surface area contributed by atoms with Gasteiger partial charge in [0.1, 0.15) is 19.6 Å². The Morgan fingerprint density at radius 2 is 1.74 bits per heavy atom. The zero-order chi connectivity index (χ0) is 28.1. The van der Waals surface area contributed by atoms with Crippen LogP contribution in [0, 0.1) is 11.8 Å². The minimum absolute atomic E-state index is 0.0182. The minimum Gasteiger partial charge on any atom is -0.464 e. The Bertz CT molecular complexity index is 1150. The van der Waals surface area contributed by atoms with Crippen molar-refractivity contribution in [1.82, 2.24) is 9.78 Å². The lowest BCUT2D eigenvalue weighted by atomic mass is 9.99. The number of aromatic nitrogens is 2. The Morgan fingerprint density at radius 3 is 2.32 bits per heavy atom. The van der Waals surface area contributed by atoms with Crippen molar-refractivity contribution in [1.29, 1.82) is 0 Å². The maximum atomic E-state index is 12.4. The quantitative estimate of drug-likeness (QED) is 0.161. The van der Waals surface area contributed by atoms with E-state index in [0.29, 0.717) is 22.3 Å². The molecule has 1 heterocycles. The van der Waals surface area contributed by atoms with Gasteiger partial charge in [0.2, 0.25) is 5.88 Å². The number of hydrogen-bond acceptors (Lipinski definition) is 8. The average Bonchev–Trinajstić information content (AvgIpc) is 3.15. The third kappa shape index (κ3) is 10.5. The van der Waals surface area contributed by atoms with E-state index in [4.69, 9.17) is 57.3 Å². The summed E-state index contributed by atoms with van der Waals surface area (Å²) in [5.41, 5.74) is 7.63. The van der Waals surface area contributed by atoms with Crippen LogP contribution in [0.4, 0.5) is 4.79 Å². The van der Waals surface area contributed by atoms with Crippen molar-refractivity contribution in [3.05, 3.63) is 45.1 Å². The predicted octanol–water partition coefficient (Wildman–Crippen LogP) is 5.62. The monoisotopic (exact) mass is 589 g/mol. The van der Waals surface area contributed by atoms with Crippen LogP contribution in [0.5, 0.6) is 5.88 Å². The summed E-state index contributed by atoms with van der Waals surface area (Å²) in [6, 6.07) is 5.32. The summed E-state index contributed by atoms with van der Waals surface area (Å²) in [5.74, 6) is 6.25. The highest BCUT2D eigenvalue weighted by Gasteiger charge is 2.24. The molecule has 1 amide bonds. The number of halogens is 2. The molecule has 0 atom stereocenters. The first-order chi connectivity index (χ1) is 18.1. The second-order valence-corrected chi connectivity index (χ2v) is 11.1. The van der Waals surface area contributed by atoms with E-state index in [2.05, 4.69) is 11.8 Å². The van der Waals surface area contributed by atoms with Gasteiger partial charge in [0.15, 0.2) is 6.61 Å². The molecule has 2 aromatic rings. The number of carbonyl (C=O) groups excluding carboxylic acids is 1. The molecule has 0 aliphatic rings. The molecule has 1 aromatic carbocycles. The maximum absolute atomic E-state index is 12.4. The van der Waals surface area contributed by atoms with Crippen LogP contribution in [0.3, 0.4) is 0 Å². The summed E-state index contributed by atoms with van der Waals surface area (Å²) in [5, 5.41) is 5.74. The first-order valence-electron chi connectivity index (χ1n) is 12.1. The molecule has 0 unspecified atom stereocenters. The van der Waals surface area contributed by atoms with Gasteiger partial charge in [-0.1, -0.05) is 48.9 Å². The van der Waals surface area contributed by atoms with E-state index in [0.717, 1.165) is 16.8 Å². The summed E-state index contributed by atoms with van der Waals surface area (Å²) in [7, 11) is -3.30. The molecule has 38 heavy (non-hydrogen) atoms. The minimum atomic E-state index is -3.30. The molecular weight excluding hydrogens is 556 g/mol. The van der Waals surface area contributed by atoms with Gasteiger partial charge >= 0.3 is 13.7 Å².